The summed E-state index contributed by atoms with van der Waals surface area (Å²) in [5, 5.41) is 26.4. The van der Waals surface area contributed by atoms with Crippen molar-refractivity contribution in [3.05, 3.63) is 75.3 Å². The smallest absolute Gasteiger partial charge is 0.270 e. The number of nitriles is 1. The first kappa shape index (κ1) is 17.8. The van der Waals surface area contributed by atoms with E-state index in [1.165, 1.54) is 18.2 Å². The highest BCUT2D eigenvalue weighted by atomic mass is 16.6. The fourth-order valence-electron chi connectivity index (χ4n) is 2.62. The van der Waals surface area contributed by atoms with Crippen LogP contribution in [-0.4, -0.2) is 22.9 Å². The van der Waals surface area contributed by atoms with Crippen molar-refractivity contribution in [2.45, 2.75) is 6.54 Å². The summed E-state index contributed by atoms with van der Waals surface area (Å²) in [6, 6.07) is 15.0. The standard InChI is InChI=1S/C19H15N5O3/c1-21-19(25)13-4-2-12(3-5-13)11-22-18-8-14(10-20)16-9-15(24(26)27)6-7-17(16)23-18/h2-9H,11H2,1H3,(H,21,25)(H,22,23). The Kier molecular flexibility index (Phi) is 4.95. The van der Waals surface area contributed by atoms with Gasteiger partial charge in [0.05, 0.1) is 22.1 Å². The molecule has 0 radical (unpaired) electrons. The van der Waals surface area contributed by atoms with Crippen molar-refractivity contribution in [3.63, 3.8) is 0 Å². The van der Waals surface area contributed by atoms with Crippen LogP contribution in [0, 0.1) is 21.4 Å². The summed E-state index contributed by atoms with van der Waals surface area (Å²) in [6.45, 7) is 0.449. The van der Waals surface area contributed by atoms with Crippen LogP contribution < -0.4 is 10.6 Å². The number of rotatable bonds is 5. The summed E-state index contributed by atoms with van der Waals surface area (Å²) in [6.07, 6.45) is 0. The molecule has 8 heteroatoms. The first-order chi connectivity index (χ1) is 13.0. The molecule has 8 nitrogen and oxygen atoms in total. The van der Waals surface area contributed by atoms with Gasteiger partial charge >= 0.3 is 0 Å². The van der Waals surface area contributed by atoms with E-state index < -0.39 is 4.92 Å². The van der Waals surface area contributed by atoms with Gasteiger partial charge in [-0.1, -0.05) is 12.1 Å². The number of anilines is 1. The second-order valence-electron chi connectivity index (χ2n) is 5.76. The lowest BCUT2D eigenvalue weighted by Gasteiger charge is -2.09. The number of hydrogen-bond donors (Lipinski definition) is 2. The first-order valence-electron chi connectivity index (χ1n) is 8.06. The number of nitro groups is 1. The summed E-state index contributed by atoms with van der Waals surface area (Å²) >= 11 is 0. The minimum absolute atomic E-state index is 0.0854. The van der Waals surface area contributed by atoms with Crippen LogP contribution in [0.3, 0.4) is 0 Å². The Morgan fingerprint density at radius 1 is 1.22 bits per heavy atom. The van der Waals surface area contributed by atoms with E-state index in [-0.39, 0.29) is 11.6 Å². The van der Waals surface area contributed by atoms with E-state index in [1.807, 2.05) is 12.1 Å². The minimum Gasteiger partial charge on any atom is -0.366 e. The van der Waals surface area contributed by atoms with Gasteiger partial charge in [-0.25, -0.2) is 4.98 Å². The Hall–Kier alpha value is -3.99. The maximum Gasteiger partial charge on any atom is 0.270 e. The van der Waals surface area contributed by atoms with Crippen molar-refractivity contribution >= 4 is 28.3 Å². The Labute approximate surface area is 154 Å². The summed E-state index contributed by atoms with van der Waals surface area (Å²) < 4.78 is 0. The topological polar surface area (TPSA) is 121 Å². The second-order valence-corrected chi connectivity index (χ2v) is 5.76. The van der Waals surface area contributed by atoms with Crippen LogP contribution in [0.15, 0.2) is 48.5 Å². The monoisotopic (exact) mass is 361 g/mol. The second kappa shape index (κ2) is 7.49. The molecule has 0 aliphatic heterocycles. The summed E-state index contributed by atoms with van der Waals surface area (Å²) in [7, 11) is 1.57. The van der Waals surface area contributed by atoms with Crippen molar-refractivity contribution in [1.82, 2.24) is 10.3 Å². The molecule has 0 saturated heterocycles. The van der Waals surface area contributed by atoms with Gasteiger partial charge in [-0.3, -0.25) is 14.9 Å². The molecule has 0 aliphatic carbocycles. The number of carbonyl (C=O) groups is 1. The maximum atomic E-state index is 11.6. The Balaban J connectivity index is 1.83. The van der Waals surface area contributed by atoms with Crippen LogP contribution in [0.2, 0.25) is 0 Å². The number of non-ortho nitro benzene ring substituents is 1. The van der Waals surface area contributed by atoms with Gasteiger partial charge in [0.25, 0.3) is 11.6 Å². The number of nitro benzene ring substituents is 1. The number of benzene rings is 2. The third kappa shape index (κ3) is 3.82. The van der Waals surface area contributed by atoms with Gasteiger partial charge < -0.3 is 10.6 Å². The van der Waals surface area contributed by atoms with E-state index in [2.05, 4.69) is 21.7 Å². The molecule has 0 aliphatic rings. The Bertz CT molecular complexity index is 1070. The largest absolute Gasteiger partial charge is 0.366 e. The fraction of sp³-hybridized carbons (Fsp3) is 0.105. The molecule has 3 aromatic rings. The van der Waals surface area contributed by atoms with E-state index in [0.717, 1.165) is 5.56 Å². The van der Waals surface area contributed by atoms with Crippen molar-refractivity contribution in [2.24, 2.45) is 0 Å². The fourth-order valence-corrected chi connectivity index (χ4v) is 2.62. The number of amides is 1. The number of pyridine rings is 1. The average Bonchev–Trinajstić information content (AvgIpc) is 2.70. The van der Waals surface area contributed by atoms with Crippen molar-refractivity contribution in [1.29, 1.82) is 5.26 Å². The number of carbonyl (C=O) groups excluding carboxylic acids is 1. The molecule has 0 saturated carbocycles. The zero-order valence-corrected chi connectivity index (χ0v) is 14.4. The molecule has 1 aromatic heterocycles. The number of nitrogens with one attached hydrogen (secondary N) is 2. The van der Waals surface area contributed by atoms with Crippen LogP contribution >= 0.6 is 0 Å². The average molecular weight is 361 g/mol. The highest BCUT2D eigenvalue weighted by Gasteiger charge is 2.11. The Morgan fingerprint density at radius 3 is 2.59 bits per heavy atom. The van der Waals surface area contributed by atoms with Crippen LogP contribution in [0.25, 0.3) is 10.9 Å². The number of aromatic nitrogens is 1. The van der Waals surface area contributed by atoms with E-state index >= 15 is 0 Å². The predicted molar refractivity (Wildman–Crippen MR) is 100 cm³/mol. The van der Waals surface area contributed by atoms with Crippen LogP contribution in [0.1, 0.15) is 21.5 Å². The van der Waals surface area contributed by atoms with Gasteiger partial charge in [-0.05, 0) is 29.8 Å². The maximum absolute atomic E-state index is 11.6. The third-order valence-electron chi connectivity index (χ3n) is 4.04. The van der Waals surface area contributed by atoms with Crippen molar-refractivity contribution in [3.8, 4) is 6.07 Å². The van der Waals surface area contributed by atoms with Crippen LogP contribution in [-0.2, 0) is 6.54 Å². The molecular weight excluding hydrogens is 346 g/mol. The normalized spacial score (nSPS) is 10.2. The summed E-state index contributed by atoms with van der Waals surface area (Å²) in [5.74, 6) is 0.335. The molecule has 134 valence electrons. The molecule has 2 aromatic carbocycles. The Morgan fingerprint density at radius 2 is 1.96 bits per heavy atom. The highest BCUT2D eigenvalue weighted by molar-refractivity contribution is 5.94. The SMILES string of the molecule is CNC(=O)c1ccc(CNc2cc(C#N)c3cc([N+](=O)[O-])ccc3n2)cc1. The zero-order chi connectivity index (χ0) is 19.4. The van der Waals surface area contributed by atoms with Crippen molar-refractivity contribution < 1.29 is 9.72 Å². The minimum atomic E-state index is -0.505. The number of fused-ring (bicyclic) bond motifs is 1. The van der Waals surface area contributed by atoms with Crippen molar-refractivity contribution in [2.75, 3.05) is 12.4 Å². The molecule has 0 bridgehead atoms. The van der Waals surface area contributed by atoms with E-state index in [1.54, 1.807) is 25.2 Å². The number of nitrogens with zero attached hydrogens (tertiary/aromatic N) is 3. The van der Waals surface area contributed by atoms with Gasteiger partial charge in [0.15, 0.2) is 0 Å². The van der Waals surface area contributed by atoms with Gasteiger partial charge in [0.1, 0.15) is 5.82 Å². The molecule has 3 rings (SSSR count). The molecule has 0 spiro atoms. The number of hydrogen-bond acceptors (Lipinski definition) is 6. The molecule has 0 fully saturated rings. The molecule has 1 heterocycles. The zero-order valence-electron chi connectivity index (χ0n) is 14.4. The molecular formula is C19H15N5O3. The van der Waals surface area contributed by atoms with E-state index in [0.29, 0.717) is 34.4 Å². The molecule has 27 heavy (non-hydrogen) atoms. The summed E-state index contributed by atoms with van der Waals surface area (Å²) in [4.78, 5) is 26.4. The van der Waals surface area contributed by atoms with Gasteiger partial charge in [-0.15, -0.1) is 0 Å². The lowest BCUT2D eigenvalue weighted by Crippen LogP contribution is -2.17. The summed E-state index contributed by atoms with van der Waals surface area (Å²) in [5.41, 5.74) is 2.22. The highest BCUT2D eigenvalue weighted by Crippen LogP contribution is 2.25. The van der Waals surface area contributed by atoms with Crippen LogP contribution in [0.5, 0.6) is 0 Å². The van der Waals surface area contributed by atoms with Crippen LogP contribution in [0.4, 0.5) is 11.5 Å². The predicted octanol–water partition coefficient (Wildman–Crippen LogP) is 2.99. The lowest BCUT2D eigenvalue weighted by atomic mass is 10.1. The molecule has 2 N–H and O–H groups in total. The molecule has 0 atom stereocenters. The molecule has 1 amide bonds. The van der Waals surface area contributed by atoms with Gasteiger partial charge in [-0.2, -0.15) is 5.26 Å². The quantitative estimate of drug-likeness (QED) is 0.532. The van der Waals surface area contributed by atoms with E-state index in [9.17, 15) is 20.2 Å². The first-order valence-corrected chi connectivity index (χ1v) is 8.06. The van der Waals surface area contributed by atoms with Gasteiger partial charge in [0, 0.05) is 36.7 Å². The lowest BCUT2D eigenvalue weighted by molar-refractivity contribution is -0.384. The van der Waals surface area contributed by atoms with E-state index in [4.69, 9.17) is 0 Å². The molecule has 0 unspecified atom stereocenters. The van der Waals surface area contributed by atoms with Gasteiger partial charge in [0.2, 0.25) is 0 Å². The third-order valence-corrected chi connectivity index (χ3v) is 4.04.